The molecule has 2 heteroatoms. The van der Waals surface area contributed by atoms with Gasteiger partial charge in [0.05, 0.1) is 0 Å². The molecule has 0 fully saturated rings. The lowest BCUT2D eigenvalue weighted by Crippen LogP contribution is -2.34. The molecule has 0 spiro atoms. The summed E-state index contributed by atoms with van der Waals surface area (Å²) in [4.78, 5) is 2.40. The molecule has 0 saturated heterocycles. The normalized spacial score (nSPS) is 14.3. The van der Waals surface area contributed by atoms with Crippen molar-refractivity contribution < 1.29 is 0 Å². The Hall–Kier alpha value is -2.32. The summed E-state index contributed by atoms with van der Waals surface area (Å²) in [7, 11) is 2.25. The quantitative estimate of drug-likeness (QED) is 0.0786. The van der Waals surface area contributed by atoms with Gasteiger partial charge < -0.3 is 4.90 Å². The maximum atomic E-state index is 4.85. The molecule has 3 rings (SSSR count). The van der Waals surface area contributed by atoms with Crippen LogP contribution in [-0.4, -0.2) is 11.9 Å². The zero-order valence-corrected chi connectivity index (χ0v) is 43.8. The standard InChI is InChI=1S/C57H90BrN.C2H6/c1-14-23-52-47(11)57(58)55-36-16-15-35-54(55)56(52)40-59(13)48(12)51-38-49(33-20-30-44(8)27-17-24-41(2)3)53(37-22-32-46(10)29-19-26-43(6)7)50(39-51)34-21-31-45(9)28-18-25-42(4)5;1-2/h14-15,23,35,38-39,41-46H,1,11-12,16-22,24-34,36-37,40H2,2-10,13H3;1-2H3/b52-23+;. The van der Waals surface area contributed by atoms with Crippen LogP contribution in [0, 0.1) is 35.5 Å². The van der Waals surface area contributed by atoms with Crippen LogP contribution < -0.4 is 10.4 Å². The molecule has 0 amide bonds. The van der Waals surface area contributed by atoms with Gasteiger partial charge in [-0.1, -0.05) is 197 Å². The Balaban J connectivity index is 0.00000631. The van der Waals surface area contributed by atoms with Crippen LogP contribution in [0.3, 0.4) is 0 Å². The molecule has 0 radical (unpaired) electrons. The highest BCUT2D eigenvalue weighted by atomic mass is 79.9. The van der Waals surface area contributed by atoms with E-state index < -0.39 is 0 Å². The highest BCUT2D eigenvalue weighted by molar-refractivity contribution is 9.10. The maximum absolute atomic E-state index is 4.85. The molecular formula is C59H96BrN. The topological polar surface area (TPSA) is 3.24 Å². The predicted octanol–water partition coefficient (Wildman–Crippen LogP) is 17.3. The van der Waals surface area contributed by atoms with Gasteiger partial charge >= 0.3 is 0 Å². The van der Waals surface area contributed by atoms with Gasteiger partial charge in [0.1, 0.15) is 0 Å². The lowest BCUT2D eigenvalue weighted by atomic mass is 9.85. The minimum Gasteiger partial charge on any atom is -0.370 e. The second-order valence-corrected chi connectivity index (χ2v) is 21.3. The Morgan fingerprint density at radius 3 is 1.56 bits per heavy atom. The van der Waals surface area contributed by atoms with Gasteiger partial charge in [-0.15, -0.1) is 0 Å². The summed E-state index contributed by atoms with van der Waals surface area (Å²) < 4.78 is 1.15. The summed E-state index contributed by atoms with van der Waals surface area (Å²) in [5.74, 6) is 4.78. The van der Waals surface area contributed by atoms with Crippen LogP contribution in [0.2, 0.25) is 0 Å². The van der Waals surface area contributed by atoms with Gasteiger partial charge in [0.15, 0.2) is 0 Å². The first-order valence-corrected chi connectivity index (χ1v) is 26.3. The van der Waals surface area contributed by atoms with E-state index in [1.807, 2.05) is 19.9 Å². The molecule has 0 N–H and O–H groups in total. The van der Waals surface area contributed by atoms with Crippen molar-refractivity contribution in [2.45, 2.75) is 211 Å². The summed E-state index contributed by atoms with van der Waals surface area (Å²) in [6.45, 7) is 39.9. The number of allylic oxidation sites excluding steroid dienone is 2. The van der Waals surface area contributed by atoms with Crippen molar-refractivity contribution in [3.8, 4) is 0 Å². The van der Waals surface area contributed by atoms with Gasteiger partial charge in [-0.25, -0.2) is 0 Å². The summed E-state index contributed by atoms with van der Waals surface area (Å²) >= 11 is 3.93. The number of hydrogen-bond acceptors (Lipinski definition) is 1. The van der Waals surface area contributed by atoms with Crippen LogP contribution in [-0.2, 0) is 32.2 Å². The third-order valence-corrected chi connectivity index (χ3v) is 14.4. The zero-order valence-electron chi connectivity index (χ0n) is 42.2. The van der Waals surface area contributed by atoms with E-state index in [9.17, 15) is 0 Å². The fraction of sp³-hybridized carbons (Fsp3) is 0.661. The lowest BCUT2D eigenvalue weighted by Gasteiger charge is -2.27. The predicted molar refractivity (Wildman–Crippen MR) is 282 cm³/mol. The van der Waals surface area contributed by atoms with E-state index in [2.05, 4.69) is 134 Å². The van der Waals surface area contributed by atoms with Crippen LogP contribution in [0.5, 0.6) is 0 Å². The molecule has 3 atom stereocenters. The van der Waals surface area contributed by atoms with Crippen LogP contribution in [0.25, 0.3) is 24.4 Å². The summed E-state index contributed by atoms with van der Waals surface area (Å²) in [6.07, 6.45) is 34.4. The number of nitrogens with zero attached hydrogens (tertiary/aromatic N) is 1. The van der Waals surface area contributed by atoms with E-state index >= 15 is 0 Å². The lowest BCUT2D eigenvalue weighted by molar-refractivity contribution is 0.423. The number of fused-ring (bicyclic) bond motifs is 1. The molecule has 1 aliphatic rings. The fourth-order valence-electron chi connectivity index (χ4n) is 9.54. The minimum atomic E-state index is 0.782. The van der Waals surface area contributed by atoms with Gasteiger partial charge in [0.25, 0.3) is 0 Å². The number of benzene rings is 2. The van der Waals surface area contributed by atoms with E-state index in [0.29, 0.717) is 0 Å². The molecular weight excluding hydrogens is 803 g/mol. The van der Waals surface area contributed by atoms with Crippen LogP contribution in [0.1, 0.15) is 218 Å². The van der Waals surface area contributed by atoms with E-state index in [0.717, 1.165) is 70.3 Å². The molecule has 2 aromatic carbocycles. The van der Waals surface area contributed by atoms with Crippen LogP contribution >= 0.6 is 15.9 Å². The fourth-order valence-corrected chi connectivity index (χ4v) is 10.2. The molecule has 0 heterocycles. The Morgan fingerprint density at radius 2 is 1.11 bits per heavy atom. The molecule has 2 aromatic rings. The van der Waals surface area contributed by atoms with Crippen molar-refractivity contribution in [3.05, 3.63) is 91.3 Å². The van der Waals surface area contributed by atoms with Gasteiger partial charge in [-0.3, -0.25) is 0 Å². The summed E-state index contributed by atoms with van der Waals surface area (Å²) in [5.41, 5.74) is 11.3. The van der Waals surface area contributed by atoms with Gasteiger partial charge in [-0.2, -0.15) is 0 Å². The van der Waals surface area contributed by atoms with Gasteiger partial charge in [-0.05, 0) is 164 Å². The van der Waals surface area contributed by atoms with E-state index in [4.69, 9.17) is 6.58 Å². The first-order chi connectivity index (χ1) is 29.1. The Labute approximate surface area is 388 Å². The summed E-state index contributed by atoms with van der Waals surface area (Å²) in [6, 6.07) is 5.14. The van der Waals surface area contributed by atoms with Gasteiger partial charge in [0, 0.05) is 23.8 Å². The monoisotopic (exact) mass is 898 g/mol. The first-order valence-electron chi connectivity index (χ1n) is 25.5. The molecule has 0 bridgehead atoms. The molecule has 1 nitrogen and oxygen atoms in total. The molecule has 0 aliphatic heterocycles. The molecule has 344 valence electrons. The van der Waals surface area contributed by atoms with E-state index in [1.165, 1.54) is 143 Å². The second kappa shape index (κ2) is 29.9. The number of aryl methyl sites for hydroxylation is 2. The zero-order chi connectivity index (χ0) is 45.5. The molecule has 0 saturated carbocycles. The average molecular weight is 899 g/mol. The Morgan fingerprint density at radius 1 is 0.672 bits per heavy atom. The largest absolute Gasteiger partial charge is 0.370 e. The third-order valence-electron chi connectivity index (χ3n) is 13.4. The van der Waals surface area contributed by atoms with Crippen molar-refractivity contribution >= 4 is 40.4 Å². The summed E-state index contributed by atoms with van der Waals surface area (Å²) in [5, 5.41) is 2.24. The number of hydrogen-bond donors (Lipinski definition) is 0. The Bertz CT molecular complexity index is 1670. The van der Waals surface area contributed by atoms with E-state index in [1.54, 1.807) is 16.7 Å². The number of halogens is 1. The highest BCUT2D eigenvalue weighted by Crippen LogP contribution is 2.32. The van der Waals surface area contributed by atoms with Crippen molar-refractivity contribution in [2.24, 2.45) is 35.5 Å². The maximum Gasteiger partial charge on any atom is 0.0438 e. The van der Waals surface area contributed by atoms with Gasteiger partial charge in [0.2, 0.25) is 0 Å². The van der Waals surface area contributed by atoms with Crippen molar-refractivity contribution in [2.75, 3.05) is 7.05 Å². The van der Waals surface area contributed by atoms with Crippen molar-refractivity contribution in [3.63, 3.8) is 0 Å². The minimum absolute atomic E-state index is 0.782. The molecule has 0 aromatic heterocycles. The smallest absolute Gasteiger partial charge is 0.0438 e. The van der Waals surface area contributed by atoms with Crippen molar-refractivity contribution in [1.29, 1.82) is 0 Å². The first kappa shape index (κ1) is 54.8. The third kappa shape index (κ3) is 19.5. The van der Waals surface area contributed by atoms with E-state index in [-0.39, 0.29) is 0 Å². The molecule has 3 unspecified atom stereocenters. The highest BCUT2D eigenvalue weighted by Gasteiger charge is 2.20. The van der Waals surface area contributed by atoms with Crippen LogP contribution in [0.4, 0.5) is 0 Å². The Kier molecular flexibility index (Phi) is 26.9. The second-order valence-electron chi connectivity index (χ2n) is 20.5. The average Bonchev–Trinajstić information content (AvgIpc) is 3.21. The molecule has 1 aliphatic carbocycles. The molecule has 61 heavy (non-hydrogen) atoms. The number of rotatable bonds is 29. The van der Waals surface area contributed by atoms with Crippen molar-refractivity contribution in [1.82, 2.24) is 4.90 Å². The SMILES string of the molecule is C=C/C=c1/c(CN(C)C(=C)c2cc(CCCC(C)CCCC(C)C)c(CCCC(C)CCCC(C)C)c(CCCC(C)CCCC(C)C)c2)c2c(c(Br)c1=C)CCC=C2.CC. The van der Waals surface area contributed by atoms with Crippen LogP contribution in [0.15, 0.2) is 41.9 Å².